The van der Waals surface area contributed by atoms with Crippen LogP contribution in [0, 0.1) is 5.92 Å². The maximum Gasteiger partial charge on any atom is 0.411 e. The molecule has 2 rings (SSSR count). The topological polar surface area (TPSA) is 66.8 Å². The second-order valence-corrected chi connectivity index (χ2v) is 7.44. The Labute approximate surface area is 126 Å². The highest BCUT2D eigenvalue weighted by Crippen LogP contribution is 2.46. The van der Waals surface area contributed by atoms with Crippen molar-refractivity contribution in [3.8, 4) is 0 Å². The van der Waals surface area contributed by atoms with E-state index < -0.39 is 23.2 Å². The molecule has 0 spiro atoms. The van der Waals surface area contributed by atoms with E-state index in [1.54, 1.807) is 4.90 Å². The van der Waals surface area contributed by atoms with Crippen LogP contribution in [0.1, 0.15) is 66.2 Å². The number of hydrogen-bond donors (Lipinski definition) is 1. The molecule has 2 unspecified atom stereocenters. The van der Waals surface area contributed by atoms with Crippen LogP contribution in [-0.2, 0) is 9.53 Å². The van der Waals surface area contributed by atoms with E-state index in [1.807, 2.05) is 20.8 Å². The highest BCUT2D eigenvalue weighted by Gasteiger charge is 2.56. The maximum absolute atomic E-state index is 12.6. The van der Waals surface area contributed by atoms with Crippen molar-refractivity contribution in [2.45, 2.75) is 83.4 Å². The minimum Gasteiger partial charge on any atom is -0.479 e. The quantitative estimate of drug-likeness (QED) is 0.863. The smallest absolute Gasteiger partial charge is 0.411 e. The third-order valence-corrected chi connectivity index (χ3v) is 4.53. The van der Waals surface area contributed by atoms with Gasteiger partial charge in [-0.25, -0.2) is 9.59 Å². The number of carboxylic acid groups (broad SMARTS) is 1. The predicted molar refractivity (Wildman–Crippen MR) is 79.1 cm³/mol. The summed E-state index contributed by atoms with van der Waals surface area (Å²) in [6.07, 6.45) is 4.21. The fourth-order valence-electron chi connectivity index (χ4n) is 3.31. The fourth-order valence-corrected chi connectivity index (χ4v) is 3.31. The van der Waals surface area contributed by atoms with Crippen molar-refractivity contribution in [3.05, 3.63) is 0 Å². The molecule has 21 heavy (non-hydrogen) atoms. The first-order chi connectivity index (χ1) is 9.69. The van der Waals surface area contributed by atoms with Crippen LogP contribution in [0.3, 0.4) is 0 Å². The molecule has 0 bridgehead atoms. The molecule has 0 aromatic carbocycles. The van der Waals surface area contributed by atoms with E-state index >= 15 is 0 Å². The molecule has 0 saturated heterocycles. The Hall–Kier alpha value is -1.26. The van der Waals surface area contributed by atoms with Crippen LogP contribution in [-0.4, -0.2) is 39.3 Å². The van der Waals surface area contributed by atoms with Crippen LogP contribution in [0.25, 0.3) is 0 Å². The first kappa shape index (κ1) is 16.1. The Morgan fingerprint density at radius 3 is 2.29 bits per heavy atom. The van der Waals surface area contributed by atoms with Crippen LogP contribution < -0.4 is 0 Å². The zero-order valence-corrected chi connectivity index (χ0v) is 13.5. The van der Waals surface area contributed by atoms with Crippen molar-refractivity contribution < 1.29 is 19.4 Å². The first-order valence-corrected chi connectivity index (χ1v) is 7.95. The van der Waals surface area contributed by atoms with E-state index in [1.165, 1.54) is 0 Å². The molecule has 5 heteroatoms. The Morgan fingerprint density at radius 1 is 1.29 bits per heavy atom. The zero-order chi connectivity index (χ0) is 15.8. The molecule has 2 aliphatic rings. The lowest BCUT2D eigenvalue weighted by molar-refractivity contribution is -0.151. The molecule has 2 saturated carbocycles. The summed E-state index contributed by atoms with van der Waals surface area (Å²) in [7, 11) is 0. The molecule has 2 fully saturated rings. The number of aliphatic carboxylic acids is 1. The SMILES string of the molecule is CCC1CCC(C(=O)O)(N(C(=O)OC(C)(C)C)C2CC2)C1. The number of carbonyl (C=O) groups excluding carboxylic acids is 1. The van der Waals surface area contributed by atoms with E-state index in [0.29, 0.717) is 18.8 Å². The zero-order valence-electron chi connectivity index (χ0n) is 13.5. The third kappa shape index (κ3) is 3.33. The van der Waals surface area contributed by atoms with Gasteiger partial charge in [0.2, 0.25) is 0 Å². The third-order valence-electron chi connectivity index (χ3n) is 4.53. The highest BCUT2D eigenvalue weighted by molar-refractivity contribution is 5.85. The average Bonchev–Trinajstić information content (AvgIpc) is 3.05. The van der Waals surface area contributed by atoms with Crippen molar-refractivity contribution in [1.29, 1.82) is 0 Å². The summed E-state index contributed by atoms with van der Waals surface area (Å²) in [6, 6.07) is 0.0338. The Kier molecular flexibility index (Phi) is 4.22. The molecule has 1 N–H and O–H groups in total. The van der Waals surface area contributed by atoms with Crippen molar-refractivity contribution >= 4 is 12.1 Å². The number of amides is 1. The predicted octanol–water partition coefficient (Wildman–Crippen LogP) is 3.42. The van der Waals surface area contributed by atoms with Crippen molar-refractivity contribution in [2.24, 2.45) is 5.92 Å². The summed E-state index contributed by atoms with van der Waals surface area (Å²) < 4.78 is 5.48. The van der Waals surface area contributed by atoms with Crippen LogP contribution in [0.2, 0.25) is 0 Å². The van der Waals surface area contributed by atoms with Crippen molar-refractivity contribution in [2.75, 3.05) is 0 Å². The van der Waals surface area contributed by atoms with Gasteiger partial charge < -0.3 is 9.84 Å². The number of hydrogen-bond acceptors (Lipinski definition) is 3. The molecule has 0 aliphatic heterocycles. The van der Waals surface area contributed by atoms with Gasteiger partial charge in [-0.15, -0.1) is 0 Å². The number of carbonyl (C=O) groups is 2. The van der Waals surface area contributed by atoms with Gasteiger partial charge >= 0.3 is 12.1 Å². The lowest BCUT2D eigenvalue weighted by Crippen LogP contribution is -2.57. The summed E-state index contributed by atoms with van der Waals surface area (Å²) in [5.74, 6) is -0.499. The summed E-state index contributed by atoms with van der Waals surface area (Å²) in [5.41, 5.74) is -1.67. The second-order valence-electron chi connectivity index (χ2n) is 7.44. The van der Waals surface area contributed by atoms with Gasteiger partial charge in [0.1, 0.15) is 11.1 Å². The summed E-state index contributed by atoms with van der Waals surface area (Å²) >= 11 is 0. The van der Waals surface area contributed by atoms with Gasteiger partial charge in [-0.2, -0.15) is 0 Å². The van der Waals surface area contributed by atoms with E-state index in [4.69, 9.17) is 4.74 Å². The van der Waals surface area contributed by atoms with Crippen LogP contribution in [0.15, 0.2) is 0 Å². The van der Waals surface area contributed by atoms with Gasteiger partial charge in [-0.05, 0) is 58.8 Å². The monoisotopic (exact) mass is 297 g/mol. The fraction of sp³-hybridized carbons (Fsp3) is 0.875. The summed E-state index contributed by atoms with van der Waals surface area (Å²) in [4.78, 5) is 26.1. The van der Waals surface area contributed by atoms with E-state index in [2.05, 4.69) is 6.92 Å². The average molecular weight is 297 g/mol. The standard InChI is InChI=1S/C16H27NO4/c1-5-11-8-9-16(10-11,13(18)19)17(12-6-7-12)14(20)21-15(2,3)4/h11-12H,5-10H2,1-4H3,(H,18,19). The summed E-state index contributed by atoms with van der Waals surface area (Å²) in [6.45, 7) is 7.52. The molecular weight excluding hydrogens is 270 g/mol. The minimum absolute atomic E-state index is 0.0338. The van der Waals surface area contributed by atoms with Gasteiger partial charge in [0.15, 0.2) is 0 Å². The highest BCUT2D eigenvalue weighted by atomic mass is 16.6. The minimum atomic E-state index is -1.07. The molecule has 5 nitrogen and oxygen atoms in total. The molecule has 0 heterocycles. The first-order valence-electron chi connectivity index (χ1n) is 7.95. The lowest BCUT2D eigenvalue weighted by Gasteiger charge is -2.39. The normalized spacial score (nSPS) is 29.2. The Bertz CT molecular complexity index is 424. The van der Waals surface area contributed by atoms with Gasteiger partial charge in [0.25, 0.3) is 0 Å². The lowest BCUT2D eigenvalue weighted by atomic mass is 9.92. The summed E-state index contributed by atoms with van der Waals surface area (Å²) in [5, 5.41) is 9.82. The molecular formula is C16H27NO4. The van der Waals surface area contributed by atoms with Crippen LogP contribution in [0.5, 0.6) is 0 Å². The Balaban J connectivity index is 2.26. The van der Waals surface area contributed by atoms with Crippen LogP contribution >= 0.6 is 0 Å². The second kappa shape index (κ2) is 5.50. The van der Waals surface area contributed by atoms with Crippen molar-refractivity contribution in [1.82, 2.24) is 4.90 Å². The van der Waals surface area contributed by atoms with Gasteiger partial charge in [-0.3, -0.25) is 4.90 Å². The van der Waals surface area contributed by atoms with Gasteiger partial charge in [0, 0.05) is 6.04 Å². The molecule has 1 amide bonds. The van der Waals surface area contributed by atoms with E-state index in [9.17, 15) is 14.7 Å². The van der Waals surface area contributed by atoms with Gasteiger partial charge in [-0.1, -0.05) is 13.3 Å². The largest absolute Gasteiger partial charge is 0.479 e. The Morgan fingerprint density at radius 2 is 1.90 bits per heavy atom. The van der Waals surface area contributed by atoms with Gasteiger partial charge in [0.05, 0.1) is 0 Å². The maximum atomic E-state index is 12.6. The van der Waals surface area contributed by atoms with E-state index in [-0.39, 0.29) is 6.04 Å². The number of carboxylic acids is 1. The molecule has 2 aliphatic carbocycles. The van der Waals surface area contributed by atoms with E-state index in [0.717, 1.165) is 25.7 Å². The molecule has 120 valence electrons. The molecule has 2 atom stereocenters. The molecule has 0 radical (unpaired) electrons. The number of ether oxygens (including phenoxy) is 1. The molecule has 0 aromatic rings. The number of nitrogens with zero attached hydrogens (tertiary/aromatic N) is 1. The van der Waals surface area contributed by atoms with Crippen molar-refractivity contribution in [3.63, 3.8) is 0 Å². The van der Waals surface area contributed by atoms with Crippen LogP contribution in [0.4, 0.5) is 4.79 Å². The number of rotatable bonds is 4. The molecule has 0 aromatic heterocycles.